The molecule has 1 aromatic carbocycles. The number of allylic oxidation sites excluding steroid dienone is 1. The molecule has 38 heavy (non-hydrogen) atoms. The van der Waals surface area contributed by atoms with Crippen molar-refractivity contribution in [3.05, 3.63) is 53.7 Å². The number of halogens is 1. The lowest BCUT2D eigenvalue weighted by atomic mass is 9.76. The third-order valence-corrected chi connectivity index (χ3v) is 11.4. The van der Waals surface area contributed by atoms with Crippen molar-refractivity contribution in [2.24, 2.45) is 5.41 Å². The molecule has 1 atom stereocenters. The number of hydrogen-bond acceptors (Lipinski definition) is 9. The van der Waals surface area contributed by atoms with Crippen molar-refractivity contribution < 1.29 is 12.8 Å². The van der Waals surface area contributed by atoms with E-state index in [1.165, 1.54) is 34.0 Å². The first-order valence-electron chi connectivity index (χ1n) is 13.0. The van der Waals surface area contributed by atoms with Gasteiger partial charge in [0.25, 0.3) is 10.0 Å². The maximum absolute atomic E-state index is 13.4. The Morgan fingerprint density at radius 3 is 2.50 bits per heavy atom. The molecule has 0 spiro atoms. The molecule has 5 rings (SSSR count). The first kappa shape index (κ1) is 26.9. The lowest BCUT2D eigenvalue weighted by Crippen LogP contribution is -2.44. The standard InChI is InChI=1S/C26H34FN7O2S2/c1-20(21-3-5-22(27)6-4-21)34-19-29-16-23(34)15-26(18-28)7-9-33(10-8-26)38(35,36)24-17-30-25(37-24)32-13-11-31(2)12-14-32/h3-6,16-17,20,29H,7-15,19H2,1-2H3. The van der Waals surface area contributed by atoms with Crippen LogP contribution < -0.4 is 10.2 Å². The summed E-state index contributed by atoms with van der Waals surface area (Å²) >= 11 is 1.23. The third-order valence-electron chi connectivity index (χ3n) is 8.00. The zero-order valence-electron chi connectivity index (χ0n) is 21.8. The Balaban J connectivity index is 1.23. The summed E-state index contributed by atoms with van der Waals surface area (Å²) in [7, 11) is -1.59. The average molecular weight is 560 g/mol. The number of benzene rings is 1. The summed E-state index contributed by atoms with van der Waals surface area (Å²) in [4.78, 5) is 11.0. The number of rotatable bonds is 7. The first-order chi connectivity index (χ1) is 18.2. The van der Waals surface area contributed by atoms with Gasteiger partial charge in [0.15, 0.2) is 9.34 Å². The predicted molar refractivity (Wildman–Crippen MR) is 145 cm³/mol. The van der Waals surface area contributed by atoms with Gasteiger partial charge in [0.05, 0.1) is 30.4 Å². The second-order valence-electron chi connectivity index (χ2n) is 10.4. The number of anilines is 1. The smallest absolute Gasteiger partial charge is 0.254 e. The highest BCUT2D eigenvalue weighted by molar-refractivity contribution is 7.91. The van der Waals surface area contributed by atoms with Crippen LogP contribution in [0.3, 0.4) is 0 Å². The van der Waals surface area contributed by atoms with Crippen LogP contribution in [0.2, 0.25) is 0 Å². The second kappa shape index (κ2) is 10.8. The number of piperidine rings is 1. The molecule has 9 nitrogen and oxygen atoms in total. The summed E-state index contributed by atoms with van der Waals surface area (Å²) in [5.74, 6) is -0.268. The molecule has 4 heterocycles. The van der Waals surface area contributed by atoms with Crippen LogP contribution >= 0.6 is 11.3 Å². The minimum atomic E-state index is -3.67. The van der Waals surface area contributed by atoms with E-state index < -0.39 is 15.4 Å². The monoisotopic (exact) mass is 559 g/mol. The first-order valence-corrected chi connectivity index (χ1v) is 15.2. The largest absolute Gasteiger partial charge is 0.372 e. The molecular weight excluding hydrogens is 525 g/mol. The molecule has 2 saturated heterocycles. The van der Waals surface area contributed by atoms with Crippen molar-refractivity contribution in [3.8, 4) is 6.07 Å². The van der Waals surface area contributed by atoms with Gasteiger partial charge in [-0.1, -0.05) is 23.5 Å². The summed E-state index contributed by atoms with van der Waals surface area (Å²) in [6.07, 6.45) is 4.87. The van der Waals surface area contributed by atoms with Gasteiger partial charge >= 0.3 is 0 Å². The summed E-state index contributed by atoms with van der Waals surface area (Å²) < 4.78 is 42.0. The van der Waals surface area contributed by atoms with E-state index in [0.29, 0.717) is 39.0 Å². The van der Waals surface area contributed by atoms with Gasteiger partial charge in [-0.2, -0.15) is 9.57 Å². The number of aromatic nitrogens is 1. The van der Waals surface area contributed by atoms with Crippen LogP contribution in [0.15, 0.2) is 46.6 Å². The van der Waals surface area contributed by atoms with E-state index in [-0.39, 0.29) is 16.1 Å². The quantitative estimate of drug-likeness (QED) is 0.553. The summed E-state index contributed by atoms with van der Waals surface area (Å²) in [6.45, 7) is 6.79. The van der Waals surface area contributed by atoms with Gasteiger partial charge in [0, 0.05) is 57.6 Å². The van der Waals surface area contributed by atoms with Crippen molar-refractivity contribution in [1.82, 2.24) is 24.4 Å². The van der Waals surface area contributed by atoms with Gasteiger partial charge in [-0.3, -0.25) is 0 Å². The number of thiazole rings is 1. The van der Waals surface area contributed by atoms with Gasteiger partial charge < -0.3 is 20.0 Å². The van der Waals surface area contributed by atoms with E-state index >= 15 is 0 Å². The number of sulfonamides is 1. The van der Waals surface area contributed by atoms with Crippen LogP contribution in [0.1, 0.15) is 37.8 Å². The average Bonchev–Trinajstić information content (AvgIpc) is 3.60. The van der Waals surface area contributed by atoms with Crippen molar-refractivity contribution >= 4 is 26.5 Å². The molecule has 0 radical (unpaired) electrons. The Hall–Kier alpha value is -2.72. The number of nitriles is 1. The van der Waals surface area contributed by atoms with E-state index in [4.69, 9.17) is 0 Å². The lowest BCUT2D eigenvalue weighted by Gasteiger charge is -2.38. The maximum atomic E-state index is 13.4. The molecule has 0 saturated carbocycles. The van der Waals surface area contributed by atoms with Crippen LogP contribution in [-0.4, -0.2) is 80.5 Å². The van der Waals surface area contributed by atoms with E-state index in [2.05, 4.69) is 45.0 Å². The zero-order chi connectivity index (χ0) is 26.9. The Kier molecular flexibility index (Phi) is 7.64. The van der Waals surface area contributed by atoms with Crippen molar-refractivity contribution in [1.29, 1.82) is 5.26 Å². The topological polar surface area (TPSA) is 95.8 Å². The van der Waals surface area contributed by atoms with E-state index in [9.17, 15) is 18.1 Å². The summed E-state index contributed by atoms with van der Waals surface area (Å²) in [5.41, 5.74) is 1.36. The van der Waals surface area contributed by atoms with Crippen molar-refractivity contribution in [3.63, 3.8) is 0 Å². The van der Waals surface area contributed by atoms with Gasteiger partial charge in [-0.05, 0) is 44.5 Å². The molecule has 204 valence electrons. The Morgan fingerprint density at radius 1 is 1.16 bits per heavy atom. The van der Waals surface area contributed by atoms with E-state index in [1.54, 1.807) is 12.1 Å². The Bertz CT molecular complexity index is 1310. The molecule has 3 aliphatic heterocycles. The number of nitrogens with one attached hydrogen (secondary N) is 1. The number of likely N-dealkylation sites (N-methyl/N-ethyl adjacent to an activating group) is 1. The van der Waals surface area contributed by atoms with Crippen molar-refractivity contribution in [2.75, 3.05) is 57.9 Å². The second-order valence-corrected chi connectivity index (χ2v) is 13.6. The maximum Gasteiger partial charge on any atom is 0.254 e. The van der Waals surface area contributed by atoms with Crippen LogP contribution in [0, 0.1) is 22.6 Å². The fourth-order valence-corrected chi connectivity index (χ4v) is 8.14. The minimum Gasteiger partial charge on any atom is -0.372 e. The highest BCUT2D eigenvalue weighted by Gasteiger charge is 2.41. The molecular formula is C26H34FN7O2S2. The highest BCUT2D eigenvalue weighted by atomic mass is 32.2. The van der Waals surface area contributed by atoms with Crippen LogP contribution in [-0.2, 0) is 10.0 Å². The number of nitrogens with zero attached hydrogens (tertiary/aromatic N) is 6. The molecule has 1 aromatic heterocycles. The Labute approximate surface area is 228 Å². The normalized spacial score (nSPS) is 21.6. The SMILES string of the molecule is CC(c1ccc(F)cc1)N1CNC=C1CC1(C#N)CCN(S(=O)(=O)c2cnc(N3CCN(C)CC3)s2)CC1. The molecule has 0 aliphatic carbocycles. The summed E-state index contributed by atoms with van der Waals surface area (Å²) in [6, 6.07) is 9.03. The molecule has 2 fully saturated rings. The van der Waals surface area contributed by atoms with Gasteiger partial charge in [-0.25, -0.2) is 17.8 Å². The fraction of sp³-hybridized carbons (Fsp3) is 0.538. The molecule has 1 N–H and O–H groups in total. The minimum absolute atomic E-state index is 0.00823. The van der Waals surface area contributed by atoms with Crippen LogP contribution in [0.4, 0.5) is 9.52 Å². The molecule has 12 heteroatoms. The van der Waals surface area contributed by atoms with Crippen LogP contribution in [0.5, 0.6) is 0 Å². The summed E-state index contributed by atoms with van der Waals surface area (Å²) in [5, 5.41) is 14.2. The van der Waals surface area contributed by atoms with E-state index in [1.807, 2.05) is 6.20 Å². The molecule has 0 bridgehead atoms. The highest BCUT2D eigenvalue weighted by Crippen LogP contribution is 2.42. The zero-order valence-corrected chi connectivity index (χ0v) is 23.4. The fourth-order valence-electron chi connectivity index (χ4n) is 5.38. The van der Waals surface area contributed by atoms with Gasteiger partial charge in [-0.15, -0.1) is 0 Å². The lowest BCUT2D eigenvalue weighted by molar-refractivity contribution is 0.187. The van der Waals surface area contributed by atoms with Gasteiger partial charge in [0.2, 0.25) is 0 Å². The molecule has 2 aromatic rings. The molecule has 1 unspecified atom stereocenters. The third kappa shape index (κ3) is 5.38. The van der Waals surface area contributed by atoms with Gasteiger partial charge in [0.1, 0.15) is 5.82 Å². The number of hydrogen-bond donors (Lipinski definition) is 1. The predicted octanol–water partition coefficient (Wildman–Crippen LogP) is 3.18. The van der Waals surface area contributed by atoms with E-state index in [0.717, 1.165) is 42.6 Å². The Morgan fingerprint density at radius 2 is 1.84 bits per heavy atom. The molecule has 0 amide bonds. The van der Waals surface area contributed by atoms with Crippen LogP contribution in [0.25, 0.3) is 0 Å². The number of piperazine rings is 1. The van der Waals surface area contributed by atoms with Crippen molar-refractivity contribution in [2.45, 2.75) is 36.4 Å². The molecule has 3 aliphatic rings.